The molecule has 0 rings (SSSR count). The Balaban J connectivity index is 0. The van der Waals surface area contributed by atoms with E-state index in [9.17, 15) is 4.79 Å². The Morgan fingerprint density at radius 2 is 2.08 bits per heavy atom. The van der Waals surface area contributed by atoms with Crippen LogP contribution in [-0.2, 0) is 32.7 Å². The fourth-order valence-electron chi connectivity index (χ4n) is 0.719. The molecule has 0 bridgehead atoms. The van der Waals surface area contributed by atoms with Crippen molar-refractivity contribution in [3.8, 4) is 0 Å². The molecule has 4 heteroatoms. The van der Waals surface area contributed by atoms with Gasteiger partial charge in [-0.15, -0.1) is 0 Å². The van der Waals surface area contributed by atoms with Gasteiger partial charge in [-0.2, -0.15) is 0 Å². The van der Waals surface area contributed by atoms with Gasteiger partial charge in [-0.1, -0.05) is 31.4 Å². The van der Waals surface area contributed by atoms with Crippen LogP contribution in [0.25, 0.3) is 0 Å². The molecule has 0 saturated heterocycles. The van der Waals surface area contributed by atoms with Gasteiger partial charge >= 0.3 is 6.09 Å². The number of amides is 1. The normalized spacial score (nSPS) is 9.69. The molecule has 0 unspecified atom stereocenters. The molecular weight excluding hydrogens is 243 g/mol. The maximum absolute atomic E-state index is 10.1. The predicted molar refractivity (Wildman–Crippen MR) is 49.1 cm³/mol. The van der Waals surface area contributed by atoms with Crippen molar-refractivity contribution in [3.63, 3.8) is 0 Å². The number of hydrogen-bond acceptors (Lipinski definition) is 1. The summed E-state index contributed by atoms with van der Waals surface area (Å²) in [6.45, 7) is 7.52. The second-order valence-electron chi connectivity index (χ2n) is 2.16. The van der Waals surface area contributed by atoms with E-state index in [1.54, 1.807) is 18.2 Å². The number of carboxylic acid groups (broad SMARTS) is 1. The minimum atomic E-state index is -1.00. The molecule has 0 aromatic carbocycles. The molecule has 0 fully saturated rings. The molecule has 0 aromatic heterocycles. The zero-order valence-electron chi connectivity index (χ0n) is 7.49. The van der Waals surface area contributed by atoms with Gasteiger partial charge in [-0.05, 0) is 12.0 Å². The van der Waals surface area contributed by atoms with E-state index in [2.05, 4.69) is 18.5 Å². The smallest absolute Gasteiger partial charge is 0.404 e. The molecule has 0 heterocycles. The van der Waals surface area contributed by atoms with Gasteiger partial charge in [0.1, 0.15) is 0 Å². The number of hydrogen-bond donors (Lipinski definition) is 2. The molecule has 0 aromatic rings. The fourth-order valence-corrected chi connectivity index (χ4v) is 0.719. The van der Waals surface area contributed by atoms with E-state index >= 15 is 0 Å². The molecule has 0 aliphatic carbocycles. The van der Waals surface area contributed by atoms with E-state index in [0.29, 0.717) is 13.0 Å². The van der Waals surface area contributed by atoms with E-state index < -0.39 is 6.09 Å². The summed E-state index contributed by atoms with van der Waals surface area (Å²) < 4.78 is 0. The van der Waals surface area contributed by atoms with Gasteiger partial charge in [0.25, 0.3) is 0 Å². The number of rotatable bonds is 5. The van der Waals surface area contributed by atoms with Crippen LogP contribution in [0.2, 0.25) is 0 Å². The van der Waals surface area contributed by atoms with Crippen molar-refractivity contribution in [1.82, 2.24) is 5.32 Å². The summed E-state index contributed by atoms with van der Waals surface area (Å²) in [7, 11) is 0. The van der Waals surface area contributed by atoms with Gasteiger partial charge in [0.15, 0.2) is 0 Å². The summed E-state index contributed by atoms with van der Waals surface area (Å²) in [5.74, 6) is 0. The summed E-state index contributed by atoms with van der Waals surface area (Å²) in [4.78, 5) is 10.1. The van der Waals surface area contributed by atoms with Crippen molar-refractivity contribution in [1.29, 1.82) is 0 Å². The molecule has 2 N–H and O–H groups in total. The van der Waals surface area contributed by atoms with Gasteiger partial charge < -0.3 is 10.4 Å². The first kappa shape index (κ1) is 15.1. The first-order valence-electron chi connectivity index (χ1n) is 3.61. The van der Waals surface area contributed by atoms with Gasteiger partial charge in [-0.3, -0.25) is 0 Å². The maximum Gasteiger partial charge on any atom is 0.404 e. The second kappa shape index (κ2) is 9.68. The standard InChI is InChI=1S/C9H13NO2.Y/c1-3-5-8(4-2)6-7-10-9(11)12;/h3-5,10H,1-2,6-7H2,(H,11,12);/b8-5+;. The van der Waals surface area contributed by atoms with Crippen LogP contribution in [0.15, 0.2) is 37.0 Å². The van der Waals surface area contributed by atoms with Crippen molar-refractivity contribution < 1.29 is 42.6 Å². The number of carbonyl (C=O) groups is 1. The second-order valence-corrected chi connectivity index (χ2v) is 2.16. The Morgan fingerprint density at radius 1 is 1.46 bits per heavy atom. The van der Waals surface area contributed by atoms with Crippen LogP contribution in [0.4, 0.5) is 4.79 Å². The van der Waals surface area contributed by atoms with Crippen LogP contribution >= 0.6 is 0 Å². The van der Waals surface area contributed by atoms with Crippen LogP contribution in [0.1, 0.15) is 6.42 Å². The molecule has 0 aliphatic heterocycles. The third-order valence-electron chi connectivity index (χ3n) is 1.28. The van der Waals surface area contributed by atoms with E-state index in [0.717, 1.165) is 5.57 Å². The quantitative estimate of drug-likeness (QED) is 0.738. The molecule has 69 valence electrons. The number of nitrogens with one attached hydrogen (secondary N) is 1. The zero-order valence-corrected chi connectivity index (χ0v) is 10.3. The molecule has 1 amide bonds. The molecule has 0 atom stereocenters. The van der Waals surface area contributed by atoms with Crippen LogP contribution in [0, 0.1) is 0 Å². The maximum atomic E-state index is 10.1. The monoisotopic (exact) mass is 256 g/mol. The van der Waals surface area contributed by atoms with Crippen molar-refractivity contribution in [2.24, 2.45) is 0 Å². The van der Waals surface area contributed by atoms with Crippen molar-refractivity contribution >= 4 is 6.09 Å². The SMILES string of the molecule is C=C/C=C(\C=C)CCNC(=O)O.[Y]. The molecule has 0 spiro atoms. The van der Waals surface area contributed by atoms with E-state index in [-0.39, 0.29) is 32.7 Å². The van der Waals surface area contributed by atoms with Crippen LogP contribution in [0.3, 0.4) is 0 Å². The molecule has 0 saturated carbocycles. The third-order valence-corrected chi connectivity index (χ3v) is 1.28. The summed E-state index contributed by atoms with van der Waals surface area (Å²) >= 11 is 0. The Kier molecular flexibility index (Phi) is 11.2. The Labute approximate surface area is 103 Å². The van der Waals surface area contributed by atoms with E-state index in [1.165, 1.54) is 0 Å². The van der Waals surface area contributed by atoms with E-state index in [4.69, 9.17) is 5.11 Å². The first-order chi connectivity index (χ1) is 5.70. The average molecular weight is 256 g/mol. The topological polar surface area (TPSA) is 49.3 Å². The largest absolute Gasteiger partial charge is 0.465 e. The zero-order chi connectivity index (χ0) is 9.40. The van der Waals surface area contributed by atoms with Crippen LogP contribution in [-0.4, -0.2) is 17.7 Å². The van der Waals surface area contributed by atoms with Gasteiger partial charge in [0, 0.05) is 39.3 Å². The fraction of sp³-hybridized carbons (Fsp3) is 0.222. The Hall–Kier alpha value is -0.406. The molecule has 13 heavy (non-hydrogen) atoms. The summed E-state index contributed by atoms with van der Waals surface area (Å²) in [5, 5.41) is 10.5. The Bertz CT molecular complexity index is 212. The van der Waals surface area contributed by atoms with Crippen LogP contribution < -0.4 is 5.32 Å². The first-order valence-corrected chi connectivity index (χ1v) is 3.61. The number of allylic oxidation sites excluding steroid dienone is 3. The summed E-state index contributed by atoms with van der Waals surface area (Å²) in [6, 6.07) is 0. The van der Waals surface area contributed by atoms with Gasteiger partial charge in [-0.25, -0.2) is 4.79 Å². The van der Waals surface area contributed by atoms with Gasteiger partial charge in [0.2, 0.25) is 0 Å². The Morgan fingerprint density at radius 3 is 2.46 bits per heavy atom. The molecule has 3 nitrogen and oxygen atoms in total. The minimum absolute atomic E-state index is 0. The third kappa shape index (κ3) is 9.51. The average Bonchev–Trinajstić information content (AvgIpc) is 2.02. The van der Waals surface area contributed by atoms with Crippen molar-refractivity contribution in [2.75, 3.05) is 6.54 Å². The molecule has 1 radical (unpaired) electrons. The summed E-state index contributed by atoms with van der Waals surface area (Å²) in [6.07, 6.45) is 4.78. The van der Waals surface area contributed by atoms with Crippen molar-refractivity contribution in [3.05, 3.63) is 37.0 Å². The van der Waals surface area contributed by atoms with Crippen LogP contribution in [0.5, 0.6) is 0 Å². The van der Waals surface area contributed by atoms with E-state index in [1.807, 2.05) is 0 Å². The summed E-state index contributed by atoms with van der Waals surface area (Å²) in [5.41, 5.74) is 0.971. The van der Waals surface area contributed by atoms with Crippen molar-refractivity contribution in [2.45, 2.75) is 6.42 Å². The molecule has 0 aliphatic rings. The van der Waals surface area contributed by atoms with Gasteiger partial charge in [0.05, 0.1) is 0 Å². The minimum Gasteiger partial charge on any atom is -0.465 e. The molecular formula is C9H13NO2Y. The predicted octanol–water partition coefficient (Wildman–Crippen LogP) is 1.94.